The Morgan fingerprint density at radius 2 is 2.64 bits per heavy atom. The standard InChI is InChI=1S/C10H13NO2S/c12-10(4-9-5-11-7-14-9)8-2-1-3-13-6-8/h5,7-8H,1-4,6H2. The molecule has 2 heterocycles. The number of carbonyl (C=O) groups is 1. The molecule has 76 valence electrons. The van der Waals surface area contributed by atoms with Crippen molar-refractivity contribution < 1.29 is 9.53 Å². The average molecular weight is 211 g/mol. The quantitative estimate of drug-likeness (QED) is 0.763. The fourth-order valence-electron chi connectivity index (χ4n) is 1.64. The van der Waals surface area contributed by atoms with Crippen LogP contribution in [0.4, 0.5) is 0 Å². The number of hydrogen-bond acceptors (Lipinski definition) is 4. The van der Waals surface area contributed by atoms with E-state index in [1.807, 2.05) is 0 Å². The second-order valence-electron chi connectivity index (χ2n) is 3.52. The third kappa shape index (κ3) is 2.39. The maximum Gasteiger partial charge on any atom is 0.143 e. The first-order valence-electron chi connectivity index (χ1n) is 4.84. The number of Topliss-reactive ketones (excluding diaryl/α,β-unsaturated/α-hetero) is 1. The molecule has 14 heavy (non-hydrogen) atoms. The van der Waals surface area contributed by atoms with Crippen LogP contribution in [0.25, 0.3) is 0 Å². The highest BCUT2D eigenvalue weighted by molar-refractivity contribution is 7.09. The molecule has 1 aromatic heterocycles. The van der Waals surface area contributed by atoms with Gasteiger partial charge in [-0.25, -0.2) is 0 Å². The summed E-state index contributed by atoms with van der Waals surface area (Å²) < 4.78 is 5.29. The van der Waals surface area contributed by atoms with Gasteiger partial charge in [0.05, 0.1) is 12.1 Å². The molecule has 3 nitrogen and oxygen atoms in total. The number of aromatic nitrogens is 1. The van der Waals surface area contributed by atoms with Crippen molar-refractivity contribution in [1.29, 1.82) is 0 Å². The zero-order chi connectivity index (χ0) is 9.80. The molecule has 1 saturated heterocycles. The molecule has 1 aliphatic rings. The molecular weight excluding hydrogens is 198 g/mol. The van der Waals surface area contributed by atoms with Crippen molar-refractivity contribution in [2.24, 2.45) is 5.92 Å². The van der Waals surface area contributed by atoms with Crippen LogP contribution in [0.15, 0.2) is 11.7 Å². The summed E-state index contributed by atoms with van der Waals surface area (Å²) in [5.41, 5.74) is 1.76. The molecule has 1 aromatic rings. The SMILES string of the molecule is O=C(Cc1cncs1)C1CCCOC1. The van der Waals surface area contributed by atoms with Crippen molar-refractivity contribution in [3.05, 3.63) is 16.6 Å². The van der Waals surface area contributed by atoms with Gasteiger partial charge in [-0.1, -0.05) is 0 Å². The summed E-state index contributed by atoms with van der Waals surface area (Å²) in [7, 11) is 0. The lowest BCUT2D eigenvalue weighted by molar-refractivity contribution is -0.126. The lowest BCUT2D eigenvalue weighted by atomic mass is 9.95. The van der Waals surface area contributed by atoms with Crippen molar-refractivity contribution >= 4 is 17.1 Å². The van der Waals surface area contributed by atoms with Crippen LogP contribution >= 0.6 is 11.3 Å². The third-order valence-electron chi connectivity index (χ3n) is 2.45. The van der Waals surface area contributed by atoms with Crippen LogP contribution in [0, 0.1) is 5.92 Å². The van der Waals surface area contributed by atoms with Gasteiger partial charge >= 0.3 is 0 Å². The van der Waals surface area contributed by atoms with Crippen LogP contribution in [0.2, 0.25) is 0 Å². The van der Waals surface area contributed by atoms with Gasteiger partial charge in [0, 0.05) is 30.0 Å². The van der Waals surface area contributed by atoms with Crippen molar-refractivity contribution in [3.8, 4) is 0 Å². The van der Waals surface area contributed by atoms with E-state index in [0.717, 1.165) is 24.3 Å². The number of thiazole rings is 1. The van der Waals surface area contributed by atoms with Crippen LogP contribution in [-0.2, 0) is 16.0 Å². The molecule has 0 N–H and O–H groups in total. The highest BCUT2D eigenvalue weighted by Crippen LogP contribution is 2.17. The van der Waals surface area contributed by atoms with E-state index in [0.29, 0.717) is 18.8 Å². The van der Waals surface area contributed by atoms with Crippen LogP contribution < -0.4 is 0 Å². The number of ketones is 1. The molecule has 0 amide bonds. The summed E-state index contributed by atoms with van der Waals surface area (Å²) in [5, 5.41) is 0. The minimum atomic E-state index is 0.117. The fraction of sp³-hybridized carbons (Fsp3) is 0.600. The van der Waals surface area contributed by atoms with Gasteiger partial charge in [0.15, 0.2) is 0 Å². The smallest absolute Gasteiger partial charge is 0.143 e. The Morgan fingerprint density at radius 1 is 1.71 bits per heavy atom. The third-order valence-corrected chi connectivity index (χ3v) is 3.23. The van der Waals surface area contributed by atoms with Crippen molar-refractivity contribution in [3.63, 3.8) is 0 Å². The summed E-state index contributed by atoms with van der Waals surface area (Å²) in [5.74, 6) is 0.416. The number of rotatable bonds is 3. The minimum absolute atomic E-state index is 0.117. The fourth-order valence-corrected chi connectivity index (χ4v) is 2.24. The number of ether oxygens (including phenoxy) is 1. The first-order chi connectivity index (χ1) is 6.86. The van der Waals surface area contributed by atoms with Gasteiger partial charge in [0.25, 0.3) is 0 Å². The Labute approximate surface area is 87.1 Å². The highest BCUT2D eigenvalue weighted by Gasteiger charge is 2.21. The zero-order valence-electron chi connectivity index (χ0n) is 7.94. The predicted molar refractivity (Wildman–Crippen MR) is 54.4 cm³/mol. The first-order valence-corrected chi connectivity index (χ1v) is 5.72. The second-order valence-corrected chi connectivity index (χ2v) is 4.50. The topological polar surface area (TPSA) is 39.2 Å². The van der Waals surface area contributed by atoms with Crippen molar-refractivity contribution in [2.45, 2.75) is 19.3 Å². The molecular formula is C10H13NO2S. The van der Waals surface area contributed by atoms with E-state index >= 15 is 0 Å². The van der Waals surface area contributed by atoms with Crippen molar-refractivity contribution in [2.75, 3.05) is 13.2 Å². The Kier molecular flexibility index (Phi) is 3.26. The van der Waals surface area contributed by atoms with E-state index in [9.17, 15) is 4.79 Å². The van der Waals surface area contributed by atoms with Gasteiger partial charge < -0.3 is 4.74 Å². The van der Waals surface area contributed by atoms with E-state index in [4.69, 9.17) is 4.74 Å². The average Bonchev–Trinajstić information content (AvgIpc) is 2.72. The van der Waals surface area contributed by atoms with Gasteiger partial charge in [-0.05, 0) is 12.8 Å². The lowest BCUT2D eigenvalue weighted by Gasteiger charge is -2.20. The molecule has 0 spiro atoms. The molecule has 0 saturated carbocycles. The van der Waals surface area contributed by atoms with E-state index in [1.54, 1.807) is 23.0 Å². The Morgan fingerprint density at radius 3 is 3.29 bits per heavy atom. The molecule has 0 aromatic carbocycles. The van der Waals surface area contributed by atoms with Gasteiger partial charge in [-0.3, -0.25) is 9.78 Å². The maximum atomic E-state index is 11.8. The number of nitrogens with zero attached hydrogens (tertiary/aromatic N) is 1. The summed E-state index contributed by atoms with van der Waals surface area (Å²) in [6, 6.07) is 0. The number of hydrogen-bond donors (Lipinski definition) is 0. The van der Waals surface area contributed by atoms with Gasteiger partial charge in [0.1, 0.15) is 5.78 Å². The summed E-state index contributed by atoms with van der Waals surface area (Å²) in [4.78, 5) is 16.8. The largest absolute Gasteiger partial charge is 0.381 e. The zero-order valence-corrected chi connectivity index (χ0v) is 8.76. The van der Waals surface area contributed by atoms with E-state index in [-0.39, 0.29) is 5.92 Å². The molecule has 2 rings (SSSR count). The Bertz CT molecular complexity index is 291. The molecule has 0 bridgehead atoms. The van der Waals surface area contributed by atoms with E-state index < -0.39 is 0 Å². The van der Waals surface area contributed by atoms with Crippen molar-refractivity contribution in [1.82, 2.24) is 4.98 Å². The van der Waals surface area contributed by atoms with Crippen LogP contribution in [-0.4, -0.2) is 24.0 Å². The molecule has 1 atom stereocenters. The summed E-state index contributed by atoms with van der Waals surface area (Å²) in [6.07, 6.45) is 4.29. The Balaban J connectivity index is 1.88. The molecule has 1 unspecified atom stereocenters. The van der Waals surface area contributed by atoms with Gasteiger partial charge in [-0.2, -0.15) is 0 Å². The van der Waals surface area contributed by atoms with Crippen LogP contribution in [0.5, 0.6) is 0 Å². The maximum absolute atomic E-state index is 11.8. The normalized spacial score (nSPS) is 22.1. The molecule has 1 fully saturated rings. The van der Waals surface area contributed by atoms with E-state index in [1.165, 1.54) is 0 Å². The molecule has 0 radical (unpaired) electrons. The summed E-state index contributed by atoms with van der Waals surface area (Å²) >= 11 is 1.54. The van der Waals surface area contributed by atoms with E-state index in [2.05, 4.69) is 4.98 Å². The molecule has 4 heteroatoms. The minimum Gasteiger partial charge on any atom is -0.381 e. The monoisotopic (exact) mass is 211 g/mol. The second kappa shape index (κ2) is 4.66. The highest BCUT2D eigenvalue weighted by atomic mass is 32.1. The molecule has 0 aliphatic carbocycles. The first kappa shape index (κ1) is 9.80. The van der Waals surface area contributed by atoms with Crippen LogP contribution in [0.3, 0.4) is 0 Å². The Hall–Kier alpha value is -0.740. The summed E-state index contributed by atoms with van der Waals surface area (Å²) in [6.45, 7) is 1.42. The van der Waals surface area contributed by atoms with Crippen LogP contribution in [0.1, 0.15) is 17.7 Å². The van der Waals surface area contributed by atoms with Gasteiger partial charge in [-0.15, -0.1) is 11.3 Å². The molecule has 1 aliphatic heterocycles. The predicted octanol–water partition coefficient (Wildman–Crippen LogP) is 1.68. The lowest BCUT2D eigenvalue weighted by Crippen LogP contribution is -2.26. The number of carbonyl (C=O) groups excluding carboxylic acids is 1. The van der Waals surface area contributed by atoms with Gasteiger partial charge in [0.2, 0.25) is 0 Å².